The molecule has 0 radical (unpaired) electrons. The number of aromatic nitrogens is 1. The normalized spacial score (nSPS) is 11.7. The summed E-state index contributed by atoms with van der Waals surface area (Å²) in [6.45, 7) is 0. The topological polar surface area (TPSA) is 8.17 Å². The van der Waals surface area contributed by atoms with Crippen LogP contribution in [0.2, 0.25) is 0 Å². The Morgan fingerprint density at radius 2 is 1.02 bits per heavy atom. The van der Waals surface area contributed by atoms with Crippen LogP contribution >= 0.6 is 0 Å². The van der Waals surface area contributed by atoms with Crippen LogP contribution < -0.4 is 4.90 Å². The van der Waals surface area contributed by atoms with Crippen LogP contribution in [0.1, 0.15) is 0 Å². The van der Waals surface area contributed by atoms with Crippen LogP contribution in [-0.4, -0.2) is 19.1 Å². The molecule has 0 atom stereocenters. The van der Waals surface area contributed by atoms with E-state index in [0.717, 1.165) is 11.4 Å². The van der Waals surface area contributed by atoms with Gasteiger partial charge in [0.15, 0.2) is 0 Å². The van der Waals surface area contributed by atoms with E-state index in [1.165, 1.54) is 74.4 Å². The van der Waals surface area contributed by atoms with Crippen LogP contribution in [0.3, 0.4) is 0 Å². The Bertz CT molecular complexity index is 2840. The van der Waals surface area contributed by atoms with E-state index in [1.54, 1.807) is 0 Å². The summed E-state index contributed by atoms with van der Waals surface area (Å²) in [5.74, 6) is 0. The van der Waals surface area contributed by atoms with Crippen molar-refractivity contribution in [1.82, 2.24) is 4.57 Å². The molecule has 49 heavy (non-hydrogen) atoms. The van der Waals surface area contributed by atoms with Crippen molar-refractivity contribution in [1.29, 1.82) is 0 Å². The number of para-hydroxylation sites is 3. The van der Waals surface area contributed by atoms with E-state index in [-0.39, 0.29) is 14.5 Å². The number of anilines is 3. The molecule has 0 spiro atoms. The fourth-order valence-corrected chi connectivity index (χ4v) is 9.98. The fourth-order valence-electron chi connectivity index (χ4n) is 7.59. The summed E-state index contributed by atoms with van der Waals surface area (Å²) in [7, 11) is 0. The van der Waals surface area contributed by atoms with E-state index >= 15 is 0 Å². The zero-order valence-corrected chi connectivity index (χ0v) is 28.3. The van der Waals surface area contributed by atoms with Crippen molar-refractivity contribution in [3.8, 4) is 16.8 Å². The fraction of sp³-hybridized carbons (Fsp3) is 0. The van der Waals surface area contributed by atoms with Crippen LogP contribution in [-0.2, 0) is 0 Å². The molecule has 0 aliphatic heterocycles. The molecule has 3 heteroatoms. The van der Waals surface area contributed by atoms with Gasteiger partial charge in [-0.2, -0.15) is 0 Å². The molecule has 2 nitrogen and oxygen atoms in total. The first kappa shape index (κ1) is 28.2. The van der Waals surface area contributed by atoms with E-state index in [0.29, 0.717) is 0 Å². The minimum atomic E-state index is 0.260. The second kappa shape index (κ2) is 11.4. The molecule has 230 valence electrons. The third-order valence-electron chi connectivity index (χ3n) is 9.77. The Balaban J connectivity index is 1.25. The first-order valence-electron chi connectivity index (χ1n) is 16.7. The third kappa shape index (κ3) is 4.55. The summed E-state index contributed by atoms with van der Waals surface area (Å²) in [6, 6.07) is 66.7. The second-order valence-corrected chi connectivity index (χ2v) is 14.8. The molecule has 10 aromatic rings. The zero-order valence-electron chi connectivity index (χ0n) is 26.6. The molecule has 0 aliphatic carbocycles. The number of hydrogen-bond acceptors (Lipinski definition) is 1. The predicted molar refractivity (Wildman–Crippen MR) is 210 cm³/mol. The minimum absolute atomic E-state index is 0.260. The molecule has 0 N–H and O–H groups in total. The van der Waals surface area contributed by atoms with Gasteiger partial charge in [0.1, 0.15) is 0 Å². The Morgan fingerprint density at radius 1 is 0.388 bits per heavy atom. The van der Waals surface area contributed by atoms with Crippen LogP contribution in [0.5, 0.6) is 0 Å². The van der Waals surface area contributed by atoms with Gasteiger partial charge in [-0.3, -0.25) is 0 Å². The van der Waals surface area contributed by atoms with E-state index in [4.69, 9.17) is 0 Å². The maximum atomic E-state index is 2.48. The van der Waals surface area contributed by atoms with Crippen molar-refractivity contribution in [2.45, 2.75) is 0 Å². The molecule has 0 fully saturated rings. The summed E-state index contributed by atoms with van der Waals surface area (Å²) in [5.41, 5.74) is 9.49. The van der Waals surface area contributed by atoms with Crippen LogP contribution in [0.4, 0.5) is 17.1 Å². The predicted octanol–water partition coefficient (Wildman–Crippen LogP) is 12.4. The molecular formula is C46H30N2Se. The van der Waals surface area contributed by atoms with Crippen LogP contribution in [0.25, 0.3) is 68.7 Å². The van der Waals surface area contributed by atoms with Crippen molar-refractivity contribution >= 4 is 83.4 Å². The molecule has 0 amide bonds. The SMILES string of the molecule is c1ccc(-n2c3ccccc3c3cc(N(c4ccc5c(c4)[se]c4ccccc45)c4ccccc4-c4cccc5ccccc45)ccc32)cc1. The van der Waals surface area contributed by atoms with Gasteiger partial charge < -0.3 is 0 Å². The van der Waals surface area contributed by atoms with Crippen LogP contribution in [0.15, 0.2) is 182 Å². The monoisotopic (exact) mass is 690 g/mol. The molecule has 2 aromatic heterocycles. The molecule has 0 aliphatic rings. The van der Waals surface area contributed by atoms with Gasteiger partial charge in [-0.15, -0.1) is 0 Å². The molecule has 10 rings (SSSR count). The zero-order chi connectivity index (χ0) is 32.3. The van der Waals surface area contributed by atoms with E-state index < -0.39 is 0 Å². The van der Waals surface area contributed by atoms with E-state index in [2.05, 4.69) is 191 Å². The number of hydrogen-bond donors (Lipinski definition) is 0. The van der Waals surface area contributed by atoms with Gasteiger partial charge in [-0.05, 0) is 0 Å². The number of nitrogens with zero attached hydrogens (tertiary/aromatic N) is 2. The van der Waals surface area contributed by atoms with Gasteiger partial charge >= 0.3 is 286 Å². The average molecular weight is 690 g/mol. The Labute approximate surface area is 290 Å². The average Bonchev–Trinajstić information content (AvgIpc) is 3.70. The van der Waals surface area contributed by atoms with E-state index in [1.807, 2.05) is 0 Å². The van der Waals surface area contributed by atoms with Gasteiger partial charge in [0.2, 0.25) is 0 Å². The Morgan fingerprint density at radius 3 is 1.94 bits per heavy atom. The quantitative estimate of drug-likeness (QED) is 0.163. The molecular weight excluding hydrogens is 659 g/mol. The maximum absolute atomic E-state index is 2.48. The van der Waals surface area contributed by atoms with Crippen molar-refractivity contribution < 1.29 is 0 Å². The number of benzene rings is 8. The third-order valence-corrected chi connectivity index (χ3v) is 12.2. The molecule has 0 unspecified atom stereocenters. The summed E-state index contributed by atoms with van der Waals surface area (Å²) in [4.78, 5) is 2.48. The number of fused-ring (bicyclic) bond motifs is 7. The molecule has 8 aromatic carbocycles. The summed E-state index contributed by atoms with van der Waals surface area (Å²) in [6.07, 6.45) is 0. The van der Waals surface area contributed by atoms with Crippen LogP contribution in [0, 0.1) is 0 Å². The van der Waals surface area contributed by atoms with Gasteiger partial charge in [0, 0.05) is 0 Å². The van der Waals surface area contributed by atoms with Crippen molar-refractivity contribution in [2.75, 3.05) is 4.90 Å². The van der Waals surface area contributed by atoms with Gasteiger partial charge in [0.05, 0.1) is 0 Å². The van der Waals surface area contributed by atoms with Gasteiger partial charge in [-0.25, -0.2) is 0 Å². The summed E-state index contributed by atoms with van der Waals surface area (Å²) >= 11 is 0.260. The van der Waals surface area contributed by atoms with Crippen molar-refractivity contribution in [2.24, 2.45) is 0 Å². The molecule has 0 bridgehead atoms. The van der Waals surface area contributed by atoms with Crippen molar-refractivity contribution in [3.63, 3.8) is 0 Å². The standard InChI is InChI=1S/C46H30N2Se/c1-2-15-32(16-3-1)48-43-23-10-7-19-38(43)41-29-33(26-28-44(41)48)47(34-25-27-40-39-20-8-11-24-45(39)49-46(40)30-34)42-22-9-6-18-37(42)36-21-12-14-31-13-4-5-17-35(31)36/h1-30H. The first-order chi connectivity index (χ1) is 24.3. The molecule has 0 saturated heterocycles. The molecule has 2 heterocycles. The Hall–Kier alpha value is -5.86. The molecule has 0 saturated carbocycles. The van der Waals surface area contributed by atoms with Gasteiger partial charge in [0.25, 0.3) is 0 Å². The summed E-state index contributed by atoms with van der Waals surface area (Å²) < 4.78 is 5.28. The van der Waals surface area contributed by atoms with Gasteiger partial charge in [-0.1, -0.05) is 6.07 Å². The second-order valence-electron chi connectivity index (χ2n) is 12.5. The van der Waals surface area contributed by atoms with E-state index in [9.17, 15) is 0 Å². The Kier molecular flexibility index (Phi) is 6.55. The van der Waals surface area contributed by atoms with Crippen molar-refractivity contribution in [3.05, 3.63) is 182 Å². The first-order valence-corrected chi connectivity index (χ1v) is 18.4. The summed E-state index contributed by atoms with van der Waals surface area (Å²) in [5, 5.41) is 7.73. The number of rotatable bonds is 5.